The number of halogens is 2. The molecule has 3 heterocycles. The van der Waals surface area contributed by atoms with E-state index in [1.54, 1.807) is 17.0 Å². The molecule has 0 aliphatic carbocycles. The molecule has 0 unspecified atom stereocenters. The lowest BCUT2D eigenvalue weighted by atomic mass is 9.93. The van der Waals surface area contributed by atoms with Crippen molar-refractivity contribution in [3.63, 3.8) is 0 Å². The topological polar surface area (TPSA) is 108 Å². The molecular weight excluding hydrogens is 386 g/mol. The standard InChI is InChI=1S/C18H18F2N6O3/c19-14-7-12(1-2-15(14)24-5-3-18(28,11-21)4-6-24)26-9-13(29-17(26)27)8-25-10-16(20)22-23-25/h1-2,7,10,13,28H,3-6,8-9H2/t13-/m0/s1. The van der Waals surface area contributed by atoms with E-state index in [2.05, 4.69) is 10.3 Å². The molecule has 2 fully saturated rings. The van der Waals surface area contributed by atoms with Crippen LogP contribution in [0.4, 0.5) is 25.0 Å². The summed E-state index contributed by atoms with van der Waals surface area (Å²) in [4.78, 5) is 15.2. The van der Waals surface area contributed by atoms with E-state index in [4.69, 9.17) is 10.00 Å². The Balaban J connectivity index is 1.44. The van der Waals surface area contributed by atoms with Gasteiger partial charge in [-0.05, 0) is 18.2 Å². The van der Waals surface area contributed by atoms with E-state index in [0.29, 0.717) is 24.5 Å². The number of carbonyl (C=O) groups excluding carboxylic acids is 1. The Morgan fingerprint density at radius 1 is 1.34 bits per heavy atom. The van der Waals surface area contributed by atoms with Gasteiger partial charge in [0.05, 0.1) is 36.7 Å². The van der Waals surface area contributed by atoms with Crippen molar-refractivity contribution in [2.75, 3.05) is 29.4 Å². The quantitative estimate of drug-likeness (QED) is 0.768. The molecule has 2 aliphatic rings. The van der Waals surface area contributed by atoms with Gasteiger partial charge in [-0.2, -0.15) is 9.65 Å². The van der Waals surface area contributed by atoms with Gasteiger partial charge >= 0.3 is 6.09 Å². The molecule has 0 saturated carbocycles. The zero-order valence-electron chi connectivity index (χ0n) is 15.3. The van der Waals surface area contributed by atoms with Crippen LogP contribution >= 0.6 is 0 Å². The summed E-state index contributed by atoms with van der Waals surface area (Å²) in [5, 5.41) is 25.8. The third kappa shape index (κ3) is 3.84. The average Bonchev–Trinajstić information content (AvgIpc) is 3.28. The average molecular weight is 404 g/mol. The second-order valence-electron chi connectivity index (χ2n) is 7.15. The maximum atomic E-state index is 14.7. The molecule has 0 spiro atoms. The monoisotopic (exact) mass is 404 g/mol. The molecule has 1 atom stereocenters. The number of aromatic nitrogens is 3. The number of piperidine rings is 1. The minimum absolute atomic E-state index is 0.134. The summed E-state index contributed by atoms with van der Waals surface area (Å²) in [6, 6.07) is 6.31. The van der Waals surface area contributed by atoms with Crippen molar-refractivity contribution >= 4 is 17.5 Å². The first kappa shape index (κ1) is 19.1. The van der Waals surface area contributed by atoms with E-state index >= 15 is 0 Å². The summed E-state index contributed by atoms with van der Waals surface area (Å²) in [7, 11) is 0. The van der Waals surface area contributed by atoms with Gasteiger partial charge in [0.25, 0.3) is 5.95 Å². The SMILES string of the molecule is N#CC1(O)CCN(c2ccc(N3C[C@H](Cn4cc(F)nn4)OC3=O)cc2F)CC1. The van der Waals surface area contributed by atoms with Gasteiger partial charge in [-0.1, -0.05) is 10.3 Å². The van der Waals surface area contributed by atoms with E-state index in [-0.39, 0.29) is 25.9 Å². The number of ether oxygens (including phenoxy) is 1. The predicted octanol–water partition coefficient (Wildman–Crippen LogP) is 1.44. The molecule has 2 saturated heterocycles. The summed E-state index contributed by atoms with van der Waals surface area (Å²) < 4.78 is 34.1. The van der Waals surface area contributed by atoms with Gasteiger partial charge in [0.1, 0.15) is 11.9 Å². The van der Waals surface area contributed by atoms with E-state index in [9.17, 15) is 18.7 Å². The minimum atomic E-state index is -1.37. The van der Waals surface area contributed by atoms with Crippen molar-refractivity contribution in [3.8, 4) is 6.07 Å². The fraction of sp³-hybridized carbons (Fsp3) is 0.444. The van der Waals surface area contributed by atoms with Crippen LogP contribution in [0.25, 0.3) is 0 Å². The molecular formula is C18H18F2N6O3. The largest absolute Gasteiger partial charge is 0.442 e. The van der Waals surface area contributed by atoms with Crippen molar-refractivity contribution < 1.29 is 23.4 Å². The molecule has 29 heavy (non-hydrogen) atoms. The number of anilines is 2. The van der Waals surface area contributed by atoms with Crippen LogP contribution in [0, 0.1) is 23.1 Å². The number of amides is 1. The number of benzene rings is 1. The van der Waals surface area contributed by atoms with Crippen molar-refractivity contribution in [3.05, 3.63) is 36.2 Å². The van der Waals surface area contributed by atoms with Gasteiger partial charge in [0.15, 0.2) is 5.60 Å². The highest BCUT2D eigenvalue weighted by Gasteiger charge is 2.35. The number of hydrogen-bond donors (Lipinski definition) is 1. The smallest absolute Gasteiger partial charge is 0.414 e. The third-order valence-corrected chi connectivity index (χ3v) is 5.16. The maximum Gasteiger partial charge on any atom is 0.414 e. The Morgan fingerprint density at radius 3 is 2.72 bits per heavy atom. The zero-order chi connectivity index (χ0) is 20.6. The zero-order valence-corrected chi connectivity index (χ0v) is 15.3. The minimum Gasteiger partial charge on any atom is -0.442 e. The highest BCUT2D eigenvalue weighted by Crippen LogP contribution is 2.31. The van der Waals surface area contributed by atoms with Crippen LogP contribution < -0.4 is 9.80 Å². The van der Waals surface area contributed by atoms with Gasteiger partial charge in [-0.3, -0.25) is 4.90 Å². The Kier molecular flexibility index (Phi) is 4.79. The predicted molar refractivity (Wildman–Crippen MR) is 96.0 cm³/mol. The third-order valence-electron chi connectivity index (χ3n) is 5.16. The molecule has 2 aliphatic heterocycles. The van der Waals surface area contributed by atoms with Crippen LogP contribution in [-0.2, 0) is 11.3 Å². The van der Waals surface area contributed by atoms with Gasteiger partial charge in [0, 0.05) is 25.9 Å². The normalized spacial score (nSPS) is 21.2. The molecule has 11 heteroatoms. The van der Waals surface area contributed by atoms with Crippen molar-refractivity contribution in [2.24, 2.45) is 0 Å². The van der Waals surface area contributed by atoms with Crippen molar-refractivity contribution in [1.29, 1.82) is 5.26 Å². The number of nitrogens with zero attached hydrogens (tertiary/aromatic N) is 6. The fourth-order valence-electron chi connectivity index (χ4n) is 3.55. The van der Waals surface area contributed by atoms with Crippen molar-refractivity contribution in [1.82, 2.24) is 15.0 Å². The molecule has 1 aromatic heterocycles. The fourth-order valence-corrected chi connectivity index (χ4v) is 3.55. The Labute approximate surface area is 164 Å². The molecule has 0 bridgehead atoms. The van der Waals surface area contributed by atoms with Gasteiger partial charge < -0.3 is 14.7 Å². The molecule has 4 rings (SSSR count). The van der Waals surface area contributed by atoms with E-state index < -0.39 is 29.6 Å². The molecule has 0 radical (unpaired) electrons. The lowest BCUT2D eigenvalue weighted by Crippen LogP contribution is -2.43. The second kappa shape index (κ2) is 7.29. The van der Waals surface area contributed by atoms with Crippen LogP contribution in [0.1, 0.15) is 12.8 Å². The summed E-state index contributed by atoms with van der Waals surface area (Å²) in [5.41, 5.74) is -0.682. The maximum absolute atomic E-state index is 14.7. The number of rotatable bonds is 4. The number of nitriles is 1. The van der Waals surface area contributed by atoms with Gasteiger partial charge in [-0.15, -0.1) is 0 Å². The van der Waals surface area contributed by atoms with Crippen LogP contribution in [0.5, 0.6) is 0 Å². The Morgan fingerprint density at radius 2 is 2.10 bits per heavy atom. The number of aliphatic hydroxyl groups is 1. The lowest BCUT2D eigenvalue weighted by Gasteiger charge is -2.35. The second-order valence-corrected chi connectivity index (χ2v) is 7.15. The van der Waals surface area contributed by atoms with Crippen LogP contribution in [-0.4, -0.2) is 57.5 Å². The van der Waals surface area contributed by atoms with E-state index in [0.717, 1.165) is 6.20 Å². The summed E-state index contributed by atoms with van der Waals surface area (Å²) in [5.74, 6) is -1.24. The van der Waals surface area contributed by atoms with Gasteiger partial charge in [-0.25, -0.2) is 13.9 Å². The molecule has 1 amide bonds. The Bertz CT molecular complexity index is 967. The first-order chi connectivity index (χ1) is 13.9. The molecule has 9 nitrogen and oxygen atoms in total. The van der Waals surface area contributed by atoms with Crippen LogP contribution in [0.15, 0.2) is 24.4 Å². The molecule has 1 N–H and O–H groups in total. The van der Waals surface area contributed by atoms with Crippen LogP contribution in [0.3, 0.4) is 0 Å². The van der Waals surface area contributed by atoms with E-state index in [1.807, 2.05) is 6.07 Å². The van der Waals surface area contributed by atoms with E-state index in [1.165, 1.54) is 15.6 Å². The first-order valence-corrected chi connectivity index (χ1v) is 9.09. The first-order valence-electron chi connectivity index (χ1n) is 9.09. The van der Waals surface area contributed by atoms with Crippen molar-refractivity contribution in [2.45, 2.75) is 31.1 Å². The highest BCUT2D eigenvalue weighted by atomic mass is 19.1. The molecule has 152 valence electrons. The summed E-state index contributed by atoms with van der Waals surface area (Å²) in [6.45, 7) is 0.999. The summed E-state index contributed by atoms with van der Waals surface area (Å²) in [6.07, 6.45) is 0.357. The number of cyclic esters (lactones) is 1. The number of carbonyl (C=O) groups is 1. The van der Waals surface area contributed by atoms with Gasteiger partial charge in [0.2, 0.25) is 0 Å². The summed E-state index contributed by atoms with van der Waals surface area (Å²) >= 11 is 0. The van der Waals surface area contributed by atoms with Crippen LogP contribution in [0.2, 0.25) is 0 Å². The highest BCUT2D eigenvalue weighted by molar-refractivity contribution is 5.90. The number of hydrogen-bond acceptors (Lipinski definition) is 7. The molecule has 2 aromatic rings. The Hall–Kier alpha value is -3.26. The molecule has 1 aromatic carbocycles. The lowest BCUT2D eigenvalue weighted by molar-refractivity contribution is 0.0723.